The molecule has 0 aromatic rings. The highest BCUT2D eigenvalue weighted by molar-refractivity contribution is 5.85. The van der Waals surface area contributed by atoms with Crippen LogP contribution in [0.1, 0.15) is 451 Å². The maximum Gasteiger partial charge on any atom is 0.336 e. The maximum atomic E-state index is 13.8. The summed E-state index contributed by atoms with van der Waals surface area (Å²) in [4.78, 5) is 34.1. The highest BCUT2D eigenvalue weighted by atomic mass is 16.7. The molecule has 0 amide bonds. The number of hydroxylamine groups is 2. The average molecular weight is 1160 g/mol. The lowest BCUT2D eigenvalue weighted by Crippen LogP contribution is -2.51. The Bertz CT molecular complexity index is 1170. The molecule has 0 bridgehead atoms. The number of hydrogen-bond acceptors (Lipinski definition) is 4. The van der Waals surface area contributed by atoms with Crippen molar-refractivity contribution < 1.29 is 24.6 Å². The first-order chi connectivity index (χ1) is 40.4. The molecule has 2 N–H and O–H groups in total. The molecule has 0 radical (unpaired) electrons. The second kappa shape index (κ2) is 67.4. The van der Waals surface area contributed by atoms with Gasteiger partial charge in [-0.25, -0.2) is 4.79 Å². The van der Waals surface area contributed by atoms with Crippen molar-refractivity contribution in [3.63, 3.8) is 0 Å². The predicted octanol–water partition coefficient (Wildman–Crippen LogP) is 26.6. The Hall–Kier alpha value is -1.14. The first kappa shape index (κ1) is 80.9. The molecule has 0 heterocycles. The highest BCUT2D eigenvalue weighted by Crippen LogP contribution is 2.39. The molecule has 0 saturated carbocycles. The van der Waals surface area contributed by atoms with E-state index in [0.717, 1.165) is 64.2 Å². The molecule has 6 heteroatoms. The Morgan fingerprint density at radius 2 is 0.427 bits per heavy atom. The van der Waals surface area contributed by atoms with Gasteiger partial charge in [-0.1, -0.05) is 426 Å². The van der Waals surface area contributed by atoms with Crippen molar-refractivity contribution in [2.75, 3.05) is 13.1 Å². The summed E-state index contributed by atoms with van der Waals surface area (Å²) in [5, 5.41) is 24.3. The molecule has 0 fully saturated rings. The Morgan fingerprint density at radius 1 is 0.268 bits per heavy atom. The molecular formula is C76H151NO5. The van der Waals surface area contributed by atoms with Crippen molar-refractivity contribution in [2.45, 2.75) is 458 Å². The van der Waals surface area contributed by atoms with Gasteiger partial charge in [-0.2, -0.15) is 5.06 Å². The molecule has 0 aliphatic rings. The molecule has 0 aliphatic carbocycles. The van der Waals surface area contributed by atoms with Gasteiger partial charge in [0.1, 0.15) is 5.41 Å². The zero-order valence-electron chi connectivity index (χ0n) is 56.7. The van der Waals surface area contributed by atoms with Crippen molar-refractivity contribution in [1.29, 1.82) is 0 Å². The molecular weight excluding hydrogens is 1010 g/mol. The number of carbonyl (C=O) groups is 2. The molecule has 0 spiro atoms. The summed E-state index contributed by atoms with van der Waals surface area (Å²) in [6, 6.07) is 0. The highest BCUT2D eigenvalue weighted by Gasteiger charge is 2.51. The van der Waals surface area contributed by atoms with E-state index in [1.165, 1.54) is 347 Å². The molecule has 1 unspecified atom stereocenters. The largest absolute Gasteiger partial charge is 0.481 e. The Labute approximate surface area is 515 Å². The molecule has 6 nitrogen and oxygen atoms in total. The SMILES string of the molecule is CCCCCCCCCCCCCCCCCCN(CCCCCCCCCCCCCCCCCC)OC(C(=O)O)C(CCCCCCCCCCCCCCCCCC)(CCCCCCCCCCCCCCCCCC)C(=O)O. The fourth-order valence-electron chi connectivity index (χ4n) is 13.1. The standard InChI is InChI=1S/C76H151NO5/c1-5-9-13-17-21-25-29-33-37-41-45-49-53-57-61-65-69-76(75(80)81,70-66-62-58-54-50-46-42-38-34-30-26-22-18-14-10-6-2)73(74(78)79)82-77(71-67-63-59-55-51-47-43-39-35-31-27-23-19-15-11-7-3)72-68-64-60-56-52-48-44-40-36-32-28-24-20-16-12-8-4/h73H,5-72H2,1-4H3,(H,78,79)(H,80,81). The smallest absolute Gasteiger partial charge is 0.336 e. The summed E-state index contributed by atoms with van der Waals surface area (Å²) in [5.74, 6) is -2.06. The van der Waals surface area contributed by atoms with Crippen LogP contribution in [0.15, 0.2) is 0 Å². The van der Waals surface area contributed by atoms with Gasteiger partial charge in [0.25, 0.3) is 0 Å². The Morgan fingerprint density at radius 3 is 0.585 bits per heavy atom. The third-order valence-electron chi connectivity index (χ3n) is 18.9. The van der Waals surface area contributed by atoms with Gasteiger partial charge in [0, 0.05) is 13.1 Å². The van der Waals surface area contributed by atoms with Crippen LogP contribution in [0, 0.1) is 5.41 Å². The quantitative estimate of drug-likeness (QED) is 0.0466. The third-order valence-corrected chi connectivity index (χ3v) is 18.9. The van der Waals surface area contributed by atoms with E-state index in [9.17, 15) is 19.8 Å². The van der Waals surface area contributed by atoms with Crippen LogP contribution in [0.25, 0.3) is 0 Å². The van der Waals surface area contributed by atoms with E-state index in [2.05, 4.69) is 27.7 Å². The van der Waals surface area contributed by atoms with Crippen LogP contribution in [-0.4, -0.2) is 46.4 Å². The maximum absolute atomic E-state index is 13.8. The Kier molecular flexibility index (Phi) is 66.4. The average Bonchev–Trinajstić information content (AvgIpc) is 3.65. The van der Waals surface area contributed by atoms with Gasteiger partial charge in [0.2, 0.25) is 0 Å². The van der Waals surface area contributed by atoms with Gasteiger partial charge in [-0.05, 0) is 25.7 Å². The number of aliphatic carboxylic acids is 2. The van der Waals surface area contributed by atoms with E-state index >= 15 is 0 Å². The predicted molar refractivity (Wildman–Crippen MR) is 362 cm³/mol. The number of hydrogen-bond donors (Lipinski definition) is 2. The zero-order chi connectivity index (χ0) is 59.6. The van der Waals surface area contributed by atoms with E-state index < -0.39 is 23.5 Å². The summed E-state index contributed by atoms with van der Waals surface area (Å²) in [5.41, 5.74) is -1.43. The third kappa shape index (κ3) is 55.4. The fourth-order valence-corrected chi connectivity index (χ4v) is 13.1. The van der Waals surface area contributed by atoms with Crippen molar-refractivity contribution in [1.82, 2.24) is 5.06 Å². The minimum Gasteiger partial charge on any atom is -0.481 e. The number of rotatable bonds is 73. The summed E-state index contributed by atoms with van der Waals surface area (Å²) in [6.07, 6.45) is 82.0. The monoisotopic (exact) mass is 1160 g/mol. The first-order valence-electron chi connectivity index (χ1n) is 38.3. The molecule has 0 aliphatic heterocycles. The topological polar surface area (TPSA) is 87.1 Å². The van der Waals surface area contributed by atoms with E-state index in [0.29, 0.717) is 25.9 Å². The van der Waals surface area contributed by atoms with E-state index in [1.54, 1.807) is 0 Å². The van der Waals surface area contributed by atoms with Crippen LogP contribution < -0.4 is 0 Å². The van der Waals surface area contributed by atoms with Gasteiger partial charge in [0.05, 0.1) is 0 Å². The molecule has 0 saturated heterocycles. The van der Waals surface area contributed by atoms with Gasteiger partial charge >= 0.3 is 11.9 Å². The van der Waals surface area contributed by atoms with Crippen molar-refractivity contribution in [3.8, 4) is 0 Å². The Balaban J connectivity index is 5.52. The van der Waals surface area contributed by atoms with Crippen molar-refractivity contribution in [3.05, 3.63) is 0 Å². The minimum absolute atomic E-state index is 0.377. The summed E-state index contributed by atoms with van der Waals surface area (Å²) >= 11 is 0. The summed E-state index contributed by atoms with van der Waals surface area (Å²) in [7, 11) is 0. The normalized spacial score (nSPS) is 12.4. The van der Waals surface area contributed by atoms with Gasteiger partial charge in [0.15, 0.2) is 6.10 Å². The van der Waals surface area contributed by atoms with Crippen molar-refractivity contribution in [2.24, 2.45) is 5.41 Å². The molecule has 1 atom stereocenters. The zero-order valence-corrected chi connectivity index (χ0v) is 56.7. The molecule has 0 aromatic heterocycles. The second-order valence-electron chi connectivity index (χ2n) is 26.9. The van der Waals surface area contributed by atoms with Crippen LogP contribution in [0.5, 0.6) is 0 Å². The minimum atomic E-state index is -1.43. The lowest BCUT2D eigenvalue weighted by atomic mass is 9.73. The van der Waals surface area contributed by atoms with Crippen LogP contribution in [0.3, 0.4) is 0 Å². The number of carboxylic acids is 2. The second-order valence-corrected chi connectivity index (χ2v) is 26.9. The van der Waals surface area contributed by atoms with Gasteiger partial charge in [-0.3, -0.25) is 9.63 Å². The van der Waals surface area contributed by atoms with Gasteiger partial charge in [-0.15, -0.1) is 0 Å². The summed E-state index contributed by atoms with van der Waals surface area (Å²) in [6.45, 7) is 10.5. The fraction of sp³-hybridized carbons (Fsp3) is 0.974. The molecule has 0 aromatic carbocycles. The number of carboxylic acid groups (broad SMARTS) is 2. The first-order valence-corrected chi connectivity index (χ1v) is 38.3. The van der Waals surface area contributed by atoms with Crippen LogP contribution in [0.4, 0.5) is 0 Å². The summed E-state index contributed by atoms with van der Waals surface area (Å²) < 4.78 is 0. The van der Waals surface area contributed by atoms with Crippen molar-refractivity contribution >= 4 is 11.9 Å². The van der Waals surface area contributed by atoms with Crippen LogP contribution in [-0.2, 0) is 14.4 Å². The number of unbranched alkanes of at least 4 members (excludes halogenated alkanes) is 60. The van der Waals surface area contributed by atoms with Gasteiger partial charge < -0.3 is 10.2 Å². The van der Waals surface area contributed by atoms with E-state index in [1.807, 2.05) is 5.06 Å². The molecule has 82 heavy (non-hydrogen) atoms. The molecule has 0 rings (SSSR count). The number of nitrogens with zero attached hydrogens (tertiary/aromatic N) is 1. The van der Waals surface area contributed by atoms with E-state index in [4.69, 9.17) is 4.84 Å². The molecule has 490 valence electrons. The lowest BCUT2D eigenvalue weighted by molar-refractivity contribution is -0.241. The van der Waals surface area contributed by atoms with Crippen LogP contribution in [0.2, 0.25) is 0 Å². The van der Waals surface area contributed by atoms with E-state index in [-0.39, 0.29) is 0 Å². The lowest BCUT2D eigenvalue weighted by Gasteiger charge is -2.37. The van der Waals surface area contributed by atoms with Crippen LogP contribution >= 0.6 is 0 Å².